The molecule has 0 radical (unpaired) electrons. The highest BCUT2D eigenvalue weighted by Crippen LogP contribution is 2.41. The molecule has 0 unspecified atom stereocenters. The van der Waals surface area contributed by atoms with E-state index >= 15 is 0 Å². The second-order valence-corrected chi connectivity index (χ2v) is 6.47. The third-order valence-corrected chi connectivity index (χ3v) is 4.92. The van der Waals surface area contributed by atoms with E-state index in [4.69, 9.17) is 10.5 Å². The van der Waals surface area contributed by atoms with Gasteiger partial charge in [0.05, 0.1) is 24.8 Å². The lowest BCUT2D eigenvalue weighted by molar-refractivity contribution is 0.0231. The van der Waals surface area contributed by atoms with Crippen LogP contribution in [-0.4, -0.2) is 28.6 Å². The largest absolute Gasteiger partial charge is 0.496 e. The number of nitrogens with zero attached hydrogens (tertiary/aromatic N) is 1. The summed E-state index contributed by atoms with van der Waals surface area (Å²) in [7, 11) is 1.49. The van der Waals surface area contributed by atoms with Crippen LogP contribution >= 0.6 is 11.5 Å². The quantitative estimate of drug-likeness (QED) is 0.766. The molecule has 1 amide bonds. The summed E-state index contributed by atoms with van der Waals surface area (Å²) in [5.41, 5.74) is 6.53. The molecule has 0 saturated heterocycles. The Morgan fingerprint density at radius 1 is 1.54 bits per heavy atom. The molecule has 24 heavy (non-hydrogen) atoms. The van der Waals surface area contributed by atoms with E-state index in [9.17, 15) is 14.3 Å². The predicted molar refractivity (Wildman–Crippen MR) is 88.4 cm³/mol. The standard InChI is InChI=1S/C16H18FN3O3S/c1-23-13-3-2-9(17)6-11(13)14(8-4-10(21)5-8)19-16(22)12-7-24-20-15(12)18/h2-3,6-8,10,14,21H,4-5H2,1H3,(H2,18,20)(H,19,22)/t8?,10?,14-/m1/s1. The Balaban J connectivity index is 1.91. The number of anilines is 1. The molecule has 1 fully saturated rings. The van der Waals surface area contributed by atoms with E-state index in [-0.39, 0.29) is 17.6 Å². The van der Waals surface area contributed by atoms with Gasteiger partial charge in [0.15, 0.2) is 0 Å². The molecule has 3 rings (SSSR count). The maximum Gasteiger partial charge on any atom is 0.256 e. The molecule has 8 heteroatoms. The zero-order valence-corrected chi connectivity index (χ0v) is 13.8. The Bertz CT molecular complexity index is 746. The summed E-state index contributed by atoms with van der Waals surface area (Å²) in [6.07, 6.45) is 0.658. The summed E-state index contributed by atoms with van der Waals surface area (Å²) < 4.78 is 22.9. The van der Waals surface area contributed by atoms with E-state index in [0.717, 1.165) is 11.5 Å². The number of methoxy groups -OCH3 is 1. The van der Waals surface area contributed by atoms with Gasteiger partial charge in [-0.3, -0.25) is 4.79 Å². The smallest absolute Gasteiger partial charge is 0.256 e. The number of halogens is 1. The van der Waals surface area contributed by atoms with Crippen LogP contribution in [0.2, 0.25) is 0 Å². The Labute approximate surface area is 142 Å². The van der Waals surface area contributed by atoms with E-state index in [0.29, 0.717) is 29.7 Å². The summed E-state index contributed by atoms with van der Waals surface area (Å²) in [4.78, 5) is 12.5. The molecule has 0 bridgehead atoms. The van der Waals surface area contributed by atoms with Crippen molar-refractivity contribution in [3.8, 4) is 5.75 Å². The van der Waals surface area contributed by atoms with Gasteiger partial charge in [-0.2, -0.15) is 4.37 Å². The van der Waals surface area contributed by atoms with Crippen LogP contribution in [0.1, 0.15) is 34.8 Å². The van der Waals surface area contributed by atoms with Crippen LogP contribution in [0.5, 0.6) is 5.75 Å². The van der Waals surface area contributed by atoms with Gasteiger partial charge < -0.3 is 20.9 Å². The van der Waals surface area contributed by atoms with Gasteiger partial charge in [-0.1, -0.05) is 0 Å². The molecule has 6 nitrogen and oxygen atoms in total. The Hall–Kier alpha value is -2.19. The number of aliphatic hydroxyl groups excluding tert-OH is 1. The van der Waals surface area contributed by atoms with Crippen LogP contribution < -0.4 is 15.8 Å². The number of carbonyl (C=O) groups excluding carboxylic acids is 1. The number of benzene rings is 1. The number of rotatable bonds is 5. The highest BCUT2D eigenvalue weighted by atomic mass is 32.1. The van der Waals surface area contributed by atoms with Crippen LogP contribution in [0.3, 0.4) is 0 Å². The Morgan fingerprint density at radius 3 is 2.88 bits per heavy atom. The highest BCUT2D eigenvalue weighted by Gasteiger charge is 2.37. The first-order chi connectivity index (χ1) is 11.5. The number of carbonyl (C=O) groups is 1. The Kier molecular flexibility index (Phi) is 4.68. The van der Waals surface area contributed by atoms with E-state index < -0.39 is 18.0 Å². The normalized spacial score (nSPS) is 21.0. The molecule has 0 aliphatic heterocycles. The molecule has 1 atom stereocenters. The fourth-order valence-corrected chi connectivity index (χ4v) is 3.53. The fourth-order valence-electron chi connectivity index (χ4n) is 2.93. The number of hydrogen-bond acceptors (Lipinski definition) is 6. The van der Waals surface area contributed by atoms with E-state index in [1.54, 1.807) is 5.38 Å². The zero-order chi connectivity index (χ0) is 17.3. The first kappa shape index (κ1) is 16.7. The SMILES string of the molecule is COc1ccc(F)cc1[C@H](NC(=O)c1csnc1N)C1CC(O)C1. The Morgan fingerprint density at radius 2 is 2.29 bits per heavy atom. The summed E-state index contributed by atoms with van der Waals surface area (Å²) >= 11 is 1.10. The zero-order valence-electron chi connectivity index (χ0n) is 13.0. The van der Waals surface area contributed by atoms with Crippen molar-refractivity contribution in [3.63, 3.8) is 0 Å². The van der Waals surface area contributed by atoms with Crippen LogP contribution in [-0.2, 0) is 0 Å². The van der Waals surface area contributed by atoms with E-state index in [1.807, 2.05) is 0 Å². The van der Waals surface area contributed by atoms with Crippen LogP contribution in [0.25, 0.3) is 0 Å². The number of nitrogens with one attached hydrogen (secondary N) is 1. The topological polar surface area (TPSA) is 97.5 Å². The minimum atomic E-state index is -0.481. The van der Waals surface area contributed by atoms with Gasteiger partial charge in [0.2, 0.25) is 0 Å². The number of ether oxygens (including phenoxy) is 1. The maximum absolute atomic E-state index is 13.7. The molecule has 2 aromatic rings. The average Bonchev–Trinajstić information content (AvgIpc) is 2.96. The lowest BCUT2D eigenvalue weighted by Gasteiger charge is -2.38. The van der Waals surface area contributed by atoms with Gasteiger partial charge in [0.25, 0.3) is 5.91 Å². The molecule has 1 aliphatic carbocycles. The van der Waals surface area contributed by atoms with Gasteiger partial charge >= 0.3 is 0 Å². The maximum atomic E-state index is 13.7. The van der Waals surface area contributed by atoms with E-state index in [1.165, 1.54) is 25.3 Å². The lowest BCUT2D eigenvalue weighted by atomic mass is 9.74. The lowest BCUT2D eigenvalue weighted by Crippen LogP contribution is -2.41. The van der Waals surface area contributed by atoms with Crippen molar-refractivity contribution in [1.82, 2.24) is 9.69 Å². The van der Waals surface area contributed by atoms with Crippen LogP contribution in [0.15, 0.2) is 23.6 Å². The van der Waals surface area contributed by atoms with Gasteiger partial charge in [0, 0.05) is 10.9 Å². The fraction of sp³-hybridized carbons (Fsp3) is 0.375. The molecule has 4 N–H and O–H groups in total. The molecule has 1 aliphatic rings. The number of hydrogen-bond donors (Lipinski definition) is 3. The minimum Gasteiger partial charge on any atom is -0.496 e. The number of aromatic nitrogens is 1. The highest BCUT2D eigenvalue weighted by molar-refractivity contribution is 7.04. The number of nitrogen functional groups attached to an aromatic ring is 1. The second kappa shape index (κ2) is 6.74. The molecule has 1 heterocycles. The summed E-state index contributed by atoms with van der Waals surface area (Å²) in [5, 5.41) is 14.1. The van der Waals surface area contributed by atoms with Crippen molar-refractivity contribution < 1.29 is 19.0 Å². The van der Waals surface area contributed by atoms with Crippen molar-refractivity contribution in [2.75, 3.05) is 12.8 Å². The average molecular weight is 351 g/mol. The van der Waals surface area contributed by atoms with Crippen molar-refractivity contribution in [3.05, 3.63) is 40.5 Å². The summed E-state index contributed by atoms with van der Waals surface area (Å²) in [6.45, 7) is 0. The minimum absolute atomic E-state index is 0.00697. The predicted octanol–water partition coefficient (Wildman–Crippen LogP) is 2.12. The van der Waals surface area contributed by atoms with Crippen molar-refractivity contribution in [2.45, 2.75) is 25.0 Å². The number of amides is 1. The van der Waals surface area contributed by atoms with Crippen LogP contribution in [0.4, 0.5) is 10.2 Å². The van der Waals surface area contributed by atoms with Crippen LogP contribution in [0, 0.1) is 11.7 Å². The second-order valence-electron chi connectivity index (χ2n) is 5.84. The van der Waals surface area contributed by atoms with Gasteiger partial charge in [0.1, 0.15) is 17.4 Å². The summed E-state index contributed by atoms with van der Waals surface area (Å²) in [6, 6.07) is 3.70. The number of nitrogens with two attached hydrogens (primary N) is 1. The van der Waals surface area contributed by atoms with Gasteiger partial charge in [-0.05, 0) is 48.5 Å². The monoisotopic (exact) mass is 351 g/mol. The molecule has 128 valence electrons. The van der Waals surface area contributed by atoms with Gasteiger partial charge in [-0.15, -0.1) is 0 Å². The third-order valence-electron chi connectivity index (χ3n) is 4.28. The first-order valence-corrected chi connectivity index (χ1v) is 8.35. The number of aliphatic hydroxyl groups is 1. The molecular formula is C16H18FN3O3S. The van der Waals surface area contributed by atoms with Crippen molar-refractivity contribution >= 4 is 23.3 Å². The molecule has 1 saturated carbocycles. The third kappa shape index (κ3) is 3.20. The first-order valence-electron chi connectivity index (χ1n) is 7.51. The van der Waals surface area contributed by atoms with Crippen molar-refractivity contribution in [1.29, 1.82) is 0 Å². The molecule has 1 aromatic carbocycles. The molecule has 1 aromatic heterocycles. The molecule has 0 spiro atoms. The van der Waals surface area contributed by atoms with Crippen molar-refractivity contribution in [2.24, 2.45) is 5.92 Å². The molecular weight excluding hydrogens is 333 g/mol. The van der Waals surface area contributed by atoms with E-state index in [2.05, 4.69) is 9.69 Å². The van der Waals surface area contributed by atoms with Gasteiger partial charge in [-0.25, -0.2) is 4.39 Å². The summed E-state index contributed by atoms with van der Waals surface area (Å²) in [5.74, 6) is -0.149.